The fourth-order valence-electron chi connectivity index (χ4n) is 10.5. The van der Waals surface area contributed by atoms with Gasteiger partial charge in [0, 0.05) is 105 Å². The number of ketones is 4. The van der Waals surface area contributed by atoms with Crippen LogP contribution in [0.2, 0.25) is 0 Å². The molecular weight excluding hydrogens is 937 g/mol. The molecule has 390 valence electrons. The van der Waals surface area contributed by atoms with E-state index in [1.54, 1.807) is 83.2 Å². The Morgan fingerprint density at radius 1 is 0.890 bits per heavy atom. The molecule has 0 unspecified atom stereocenters. The van der Waals surface area contributed by atoms with E-state index in [0.29, 0.717) is 29.9 Å². The second-order valence-electron chi connectivity index (χ2n) is 20.6. The highest BCUT2D eigenvalue weighted by atomic mass is 16.7. The van der Waals surface area contributed by atoms with Gasteiger partial charge in [-0.05, 0) is 38.0 Å². The largest absolute Gasteiger partial charge is 0.507 e. The van der Waals surface area contributed by atoms with Gasteiger partial charge in [0.05, 0.1) is 47.1 Å². The Balaban J connectivity index is 0.000000564. The number of nitrogens with zero attached hydrogens (tertiary/aromatic N) is 2. The zero-order chi connectivity index (χ0) is 53.4. The number of aliphatic imine (C=N–C) groups is 1. The van der Waals surface area contributed by atoms with E-state index in [4.69, 9.17) is 23.9 Å². The number of methoxy groups -OCH3 is 1. The van der Waals surface area contributed by atoms with E-state index in [1.165, 1.54) is 46.3 Å². The van der Waals surface area contributed by atoms with Crippen LogP contribution in [0, 0.1) is 36.5 Å². The Morgan fingerprint density at radius 3 is 2.11 bits per heavy atom. The quantitative estimate of drug-likeness (QED) is 0.213. The average molecular weight is 1010 g/mol. The van der Waals surface area contributed by atoms with Gasteiger partial charge in [-0.2, -0.15) is 0 Å². The highest BCUT2D eigenvalue weighted by molar-refractivity contribution is 6.34. The third-order valence-corrected chi connectivity index (χ3v) is 14.8. The van der Waals surface area contributed by atoms with Crippen LogP contribution < -0.4 is 15.4 Å². The van der Waals surface area contributed by atoms with Crippen LogP contribution in [-0.4, -0.2) is 124 Å². The van der Waals surface area contributed by atoms with E-state index in [-0.39, 0.29) is 62.2 Å². The average Bonchev–Trinajstić information content (AvgIpc) is 3.86. The number of esters is 1. The van der Waals surface area contributed by atoms with Crippen LogP contribution in [0.3, 0.4) is 0 Å². The van der Waals surface area contributed by atoms with Gasteiger partial charge in [0.25, 0.3) is 11.7 Å². The second kappa shape index (κ2) is 21.5. The van der Waals surface area contributed by atoms with Crippen LogP contribution in [-0.2, 0) is 23.8 Å². The van der Waals surface area contributed by atoms with E-state index < -0.39 is 88.7 Å². The number of amides is 1. The van der Waals surface area contributed by atoms with E-state index in [1.807, 2.05) is 0 Å². The minimum Gasteiger partial charge on any atom is -0.507 e. The Labute approximate surface area is 426 Å². The van der Waals surface area contributed by atoms with Crippen LogP contribution in [0.5, 0.6) is 11.5 Å². The fraction of sp³-hybridized carbons (Fsp3) is 0.482. The standard InChI is InChI=1S/C46H62N4O11.C10H6O2/c1-22(2)21-50-18-16-46(17-19-50)48-34-31-32-39(54)28(8)42-33(31)43(56)45(10,61-42)59-20-15-30(58-11)25(5)41(60-29(9)51)27(7)38(53)26(6)37(52)23(3)13-12-14-24(4)44(57)47-36(40(32)55)35(34)49-46;11-9-5-6-10(12)8-4-2-1-3-7(8)9/h12-15,20,22-23,25-27,30,37-38,41,49,52-54H,16-19,21H2,1-11H3,(H,47,57);1-6H/b13-12+,20-15+,24-14-;/t23-,25+,26+,27+,30-,37-,38+,41+,45-;/m0./s1. The minimum absolute atomic E-state index is 0.0164. The van der Waals surface area contributed by atoms with E-state index in [9.17, 15) is 44.1 Å². The summed E-state index contributed by atoms with van der Waals surface area (Å²) in [6.45, 7) is 19.5. The van der Waals surface area contributed by atoms with Crippen LogP contribution in [0.25, 0.3) is 0 Å². The SMILES string of the molecule is CO[C@H]1/C=C/O[C@@]2(C)Oc3c(C)c(O)c4c(c3C2=O)C2=NC3(CCN(CC(C)C)CC3)NC2=C(NC(=O)/C(C)=C\C=C\[C@H](C)[C@H](O)[C@@H](C)[C@@H](O)[C@@H](C)[C@H](OC(C)=O)[C@@H]1C)C4=O.O=C1C=CC(=O)c2ccccc21. The smallest absolute Gasteiger partial charge is 0.312 e. The van der Waals surface area contributed by atoms with Crippen molar-refractivity contribution in [1.29, 1.82) is 0 Å². The molecule has 1 spiro atoms. The molecule has 0 aromatic heterocycles. The molecule has 2 aromatic rings. The van der Waals surface area contributed by atoms with Crippen LogP contribution >= 0.6 is 0 Å². The number of hydrogen-bond acceptors (Lipinski definition) is 16. The molecule has 17 nitrogen and oxygen atoms in total. The van der Waals surface area contributed by atoms with Crippen molar-refractivity contribution in [2.45, 2.75) is 118 Å². The van der Waals surface area contributed by atoms with Gasteiger partial charge in [-0.1, -0.05) is 84.0 Å². The number of fused-ring (bicyclic) bond motifs is 4. The summed E-state index contributed by atoms with van der Waals surface area (Å²) in [5.41, 5.74) is 0.818. The Morgan fingerprint density at radius 2 is 1.52 bits per heavy atom. The molecule has 4 heterocycles. The lowest BCUT2D eigenvalue weighted by Crippen LogP contribution is -2.50. The number of Topliss-reactive ketones (excluding diaryl/α,β-unsaturated/α-hetero) is 2. The lowest BCUT2D eigenvalue weighted by molar-refractivity contribution is -0.160. The molecule has 2 aliphatic carbocycles. The highest BCUT2D eigenvalue weighted by Crippen LogP contribution is 2.50. The number of phenols is 1. The number of allylic oxidation sites excluding steroid dienone is 6. The topological polar surface area (TPSA) is 240 Å². The molecule has 17 heteroatoms. The number of hydrogen-bond donors (Lipinski definition) is 5. The zero-order valence-corrected chi connectivity index (χ0v) is 43.4. The molecule has 5 N–H and O–H groups in total. The first kappa shape index (κ1) is 54.2. The lowest BCUT2D eigenvalue weighted by Gasteiger charge is -2.38. The molecule has 5 bridgehead atoms. The number of carbonyl (C=O) groups excluding carboxylic acids is 6. The number of nitrogens with one attached hydrogen (secondary N) is 2. The van der Waals surface area contributed by atoms with Crippen molar-refractivity contribution in [2.75, 3.05) is 26.7 Å². The summed E-state index contributed by atoms with van der Waals surface area (Å²) in [4.78, 5) is 85.7. The third-order valence-electron chi connectivity index (χ3n) is 14.8. The van der Waals surface area contributed by atoms with E-state index in [0.717, 1.165) is 19.6 Å². The molecule has 1 saturated heterocycles. The van der Waals surface area contributed by atoms with Crippen LogP contribution in [0.1, 0.15) is 128 Å². The fourth-order valence-corrected chi connectivity index (χ4v) is 10.5. The van der Waals surface area contributed by atoms with Crippen molar-refractivity contribution >= 4 is 40.7 Å². The summed E-state index contributed by atoms with van der Waals surface area (Å²) in [6.07, 6.45) is 7.68. The molecule has 0 radical (unpaired) electrons. The number of likely N-dealkylation sites (tertiary alicyclic amines) is 1. The van der Waals surface area contributed by atoms with Crippen molar-refractivity contribution in [2.24, 2.45) is 34.6 Å². The van der Waals surface area contributed by atoms with E-state index in [2.05, 4.69) is 29.4 Å². The Kier molecular flexibility index (Phi) is 16.0. The molecule has 1 amide bonds. The number of benzene rings is 2. The summed E-state index contributed by atoms with van der Waals surface area (Å²) in [5.74, 6) is -6.97. The summed E-state index contributed by atoms with van der Waals surface area (Å²) in [6, 6.07) is 6.84. The van der Waals surface area contributed by atoms with Crippen LogP contribution in [0.4, 0.5) is 0 Å². The van der Waals surface area contributed by atoms with Crippen molar-refractivity contribution in [3.8, 4) is 11.5 Å². The predicted octanol–water partition coefficient (Wildman–Crippen LogP) is 6.24. The normalized spacial score (nSPS) is 30.7. The molecule has 0 saturated carbocycles. The van der Waals surface area contributed by atoms with Crippen molar-refractivity contribution in [1.82, 2.24) is 15.5 Å². The number of aliphatic hydroxyl groups is 2. The Hall–Kier alpha value is -6.53. The highest BCUT2D eigenvalue weighted by Gasteiger charge is 2.54. The predicted molar refractivity (Wildman–Crippen MR) is 271 cm³/mol. The van der Waals surface area contributed by atoms with Gasteiger partial charge in [-0.15, -0.1) is 0 Å². The molecule has 4 aliphatic heterocycles. The maximum Gasteiger partial charge on any atom is 0.312 e. The first-order valence-corrected chi connectivity index (χ1v) is 24.9. The van der Waals surface area contributed by atoms with Gasteiger partial charge in [0.15, 0.2) is 11.6 Å². The number of rotatable bonds is 4. The van der Waals surface area contributed by atoms with Gasteiger partial charge in [0.1, 0.15) is 29.0 Å². The van der Waals surface area contributed by atoms with Crippen LogP contribution in [0.15, 0.2) is 88.9 Å². The lowest BCUT2D eigenvalue weighted by atomic mass is 9.78. The number of ether oxygens (including phenoxy) is 4. The molecule has 1 fully saturated rings. The Bertz CT molecular complexity index is 2740. The minimum atomic E-state index is -1.97. The first-order valence-electron chi connectivity index (χ1n) is 24.9. The summed E-state index contributed by atoms with van der Waals surface area (Å²) in [7, 11) is 1.46. The monoisotopic (exact) mass is 1000 g/mol. The molecule has 8 rings (SSSR count). The second-order valence-corrected chi connectivity index (χ2v) is 20.6. The molecule has 6 aliphatic rings. The number of aliphatic hydroxyl groups excluding tert-OH is 2. The van der Waals surface area contributed by atoms with Gasteiger partial charge in [-0.25, -0.2) is 0 Å². The van der Waals surface area contributed by atoms with Crippen molar-refractivity contribution in [3.63, 3.8) is 0 Å². The number of aromatic hydroxyl groups is 1. The summed E-state index contributed by atoms with van der Waals surface area (Å²) in [5, 5.41) is 41.0. The third kappa shape index (κ3) is 10.6. The number of carbonyl (C=O) groups is 6. The molecular formula is C56H68N4O13. The molecule has 9 atom stereocenters. The number of piperidine rings is 1. The summed E-state index contributed by atoms with van der Waals surface area (Å²) >= 11 is 0. The zero-order valence-electron chi connectivity index (χ0n) is 43.4. The molecule has 2 aromatic carbocycles. The number of phenolic OH excluding ortho intramolecular Hbond substituents is 1. The molecule has 73 heavy (non-hydrogen) atoms. The maximum atomic E-state index is 14.7. The van der Waals surface area contributed by atoms with Crippen molar-refractivity contribution in [3.05, 3.63) is 117 Å². The van der Waals surface area contributed by atoms with Crippen molar-refractivity contribution < 1.29 is 63.0 Å². The van der Waals surface area contributed by atoms with Gasteiger partial charge in [0.2, 0.25) is 5.78 Å². The van der Waals surface area contributed by atoms with Gasteiger partial charge < -0.3 is 49.8 Å². The maximum absolute atomic E-state index is 14.7. The van der Waals surface area contributed by atoms with Gasteiger partial charge >= 0.3 is 11.8 Å². The van der Waals surface area contributed by atoms with E-state index >= 15 is 0 Å². The summed E-state index contributed by atoms with van der Waals surface area (Å²) < 4.78 is 24.0. The van der Waals surface area contributed by atoms with Gasteiger partial charge in [-0.3, -0.25) is 33.8 Å². The first-order chi connectivity index (χ1) is 34.4.